The van der Waals surface area contributed by atoms with Crippen molar-refractivity contribution in [3.63, 3.8) is 0 Å². The third-order valence-electron chi connectivity index (χ3n) is 0.911. The zero-order chi connectivity index (χ0) is 5.11. The maximum absolute atomic E-state index is 4.18. The smallest absolute Gasteiger partial charge is 0.0558 e. The third-order valence-corrected chi connectivity index (χ3v) is 2.01. The fourth-order valence-electron chi connectivity index (χ4n) is 0.557. The van der Waals surface area contributed by atoms with E-state index in [0.29, 0.717) is 6.04 Å². The molecule has 1 unspecified atom stereocenters. The molecule has 0 saturated carbocycles. The summed E-state index contributed by atoms with van der Waals surface area (Å²) < 4.78 is 0. The molecule has 1 aliphatic heterocycles. The van der Waals surface area contributed by atoms with Crippen LogP contribution >= 0.6 is 11.8 Å². The predicted molar refractivity (Wildman–Crippen MR) is 35.3 cm³/mol. The Morgan fingerprint density at radius 3 is 3.00 bits per heavy atom. The second-order valence-electron chi connectivity index (χ2n) is 1.72. The first-order valence-electron chi connectivity index (χ1n) is 2.49. The maximum atomic E-state index is 4.18. The second kappa shape index (κ2) is 2.36. The molecule has 1 aliphatic rings. The Bertz CT molecular complexity index is 80.1. The van der Waals surface area contributed by atoms with E-state index in [1.165, 1.54) is 5.75 Å². The quantitative estimate of drug-likeness (QED) is 0.462. The average molecular weight is 115 g/mol. The van der Waals surface area contributed by atoms with Gasteiger partial charge in [-0.1, -0.05) is 0 Å². The van der Waals surface area contributed by atoms with Crippen LogP contribution in [0.3, 0.4) is 0 Å². The lowest BCUT2D eigenvalue weighted by molar-refractivity contribution is 0.848. The van der Waals surface area contributed by atoms with Crippen LogP contribution in [0, 0.1) is 0 Å². The molecule has 0 aromatic rings. The molecule has 0 N–H and O–H groups in total. The van der Waals surface area contributed by atoms with Crippen LogP contribution in [0.2, 0.25) is 0 Å². The first-order valence-corrected chi connectivity index (χ1v) is 3.64. The SMILES string of the molecule is CC1CSCC=N1. The van der Waals surface area contributed by atoms with E-state index in [9.17, 15) is 0 Å². The summed E-state index contributed by atoms with van der Waals surface area (Å²) in [6, 6.07) is 0.568. The average Bonchev–Trinajstić information content (AvgIpc) is 1.69. The van der Waals surface area contributed by atoms with Crippen molar-refractivity contribution >= 4 is 18.0 Å². The molecule has 40 valence electrons. The van der Waals surface area contributed by atoms with E-state index in [2.05, 4.69) is 11.9 Å². The highest BCUT2D eigenvalue weighted by atomic mass is 32.2. The molecule has 0 fully saturated rings. The van der Waals surface area contributed by atoms with Gasteiger partial charge in [-0.3, -0.25) is 4.99 Å². The molecule has 0 saturated heterocycles. The monoisotopic (exact) mass is 115 g/mol. The molecule has 1 heterocycles. The van der Waals surface area contributed by atoms with E-state index >= 15 is 0 Å². The second-order valence-corrected chi connectivity index (χ2v) is 2.79. The zero-order valence-electron chi connectivity index (χ0n) is 4.42. The molecule has 0 bridgehead atoms. The predicted octanol–water partition coefficient (Wildman–Crippen LogP) is 1.19. The molecule has 0 aromatic carbocycles. The van der Waals surface area contributed by atoms with E-state index in [1.807, 2.05) is 18.0 Å². The van der Waals surface area contributed by atoms with Crippen LogP contribution in [-0.4, -0.2) is 23.8 Å². The van der Waals surface area contributed by atoms with Crippen molar-refractivity contribution in [2.24, 2.45) is 4.99 Å². The van der Waals surface area contributed by atoms with Crippen molar-refractivity contribution in [3.05, 3.63) is 0 Å². The van der Waals surface area contributed by atoms with Crippen molar-refractivity contribution in [2.75, 3.05) is 11.5 Å². The van der Waals surface area contributed by atoms with E-state index in [4.69, 9.17) is 0 Å². The Balaban J connectivity index is 2.36. The Hall–Kier alpha value is 0.0200. The highest BCUT2D eigenvalue weighted by Crippen LogP contribution is 2.07. The Kier molecular flexibility index (Phi) is 1.74. The summed E-state index contributed by atoms with van der Waals surface area (Å²) in [5.41, 5.74) is 0. The van der Waals surface area contributed by atoms with Crippen LogP contribution in [0.15, 0.2) is 4.99 Å². The molecule has 0 aromatic heterocycles. The number of hydrogen-bond donors (Lipinski definition) is 0. The molecular formula is C5H9NS. The molecule has 0 spiro atoms. The van der Waals surface area contributed by atoms with Crippen LogP contribution < -0.4 is 0 Å². The fraction of sp³-hybridized carbons (Fsp3) is 0.800. The number of thioether (sulfide) groups is 1. The standard InChI is InChI=1S/C5H9NS/c1-5-4-7-3-2-6-5/h2,5H,3-4H2,1H3. The summed E-state index contributed by atoms with van der Waals surface area (Å²) in [6.45, 7) is 2.14. The van der Waals surface area contributed by atoms with E-state index in [1.54, 1.807) is 0 Å². The minimum atomic E-state index is 0.568. The van der Waals surface area contributed by atoms with E-state index < -0.39 is 0 Å². The van der Waals surface area contributed by atoms with Crippen molar-refractivity contribution in [2.45, 2.75) is 13.0 Å². The summed E-state index contributed by atoms with van der Waals surface area (Å²) in [6.07, 6.45) is 2.00. The minimum Gasteiger partial charge on any atom is -0.293 e. The van der Waals surface area contributed by atoms with Gasteiger partial charge in [0.1, 0.15) is 0 Å². The van der Waals surface area contributed by atoms with Gasteiger partial charge in [-0.15, -0.1) is 0 Å². The van der Waals surface area contributed by atoms with Gasteiger partial charge in [0.05, 0.1) is 6.04 Å². The molecule has 1 rings (SSSR count). The third kappa shape index (κ3) is 1.51. The van der Waals surface area contributed by atoms with Gasteiger partial charge in [0.15, 0.2) is 0 Å². The Morgan fingerprint density at radius 1 is 1.86 bits per heavy atom. The molecule has 0 aliphatic carbocycles. The number of nitrogens with zero attached hydrogens (tertiary/aromatic N) is 1. The van der Waals surface area contributed by atoms with Crippen LogP contribution in [0.5, 0.6) is 0 Å². The summed E-state index contributed by atoms with van der Waals surface area (Å²) in [5, 5.41) is 0. The number of hydrogen-bond acceptors (Lipinski definition) is 2. The lowest BCUT2D eigenvalue weighted by Crippen LogP contribution is -2.07. The van der Waals surface area contributed by atoms with Crippen molar-refractivity contribution in [1.29, 1.82) is 0 Å². The largest absolute Gasteiger partial charge is 0.293 e. The zero-order valence-corrected chi connectivity index (χ0v) is 5.24. The molecule has 0 amide bonds. The normalized spacial score (nSPS) is 30.7. The summed E-state index contributed by atoms with van der Waals surface area (Å²) in [4.78, 5) is 4.18. The molecule has 7 heavy (non-hydrogen) atoms. The molecular weight excluding hydrogens is 106 g/mol. The first-order chi connectivity index (χ1) is 3.39. The minimum absolute atomic E-state index is 0.568. The van der Waals surface area contributed by atoms with Crippen molar-refractivity contribution in [3.8, 4) is 0 Å². The summed E-state index contributed by atoms with van der Waals surface area (Å²) in [7, 11) is 0. The first kappa shape index (κ1) is 5.16. The highest BCUT2D eigenvalue weighted by molar-refractivity contribution is 7.99. The lowest BCUT2D eigenvalue weighted by Gasteiger charge is -2.07. The van der Waals surface area contributed by atoms with E-state index in [-0.39, 0.29) is 0 Å². The van der Waals surface area contributed by atoms with Crippen molar-refractivity contribution < 1.29 is 0 Å². The van der Waals surface area contributed by atoms with Gasteiger partial charge in [-0.2, -0.15) is 11.8 Å². The van der Waals surface area contributed by atoms with Crippen LogP contribution in [-0.2, 0) is 0 Å². The van der Waals surface area contributed by atoms with Crippen LogP contribution in [0.1, 0.15) is 6.92 Å². The van der Waals surface area contributed by atoms with Crippen molar-refractivity contribution in [1.82, 2.24) is 0 Å². The highest BCUT2D eigenvalue weighted by Gasteiger charge is 2.00. The van der Waals surface area contributed by atoms with Gasteiger partial charge in [0, 0.05) is 17.7 Å². The molecule has 1 nitrogen and oxygen atoms in total. The van der Waals surface area contributed by atoms with Gasteiger partial charge in [-0.05, 0) is 6.92 Å². The van der Waals surface area contributed by atoms with Gasteiger partial charge < -0.3 is 0 Å². The van der Waals surface area contributed by atoms with Gasteiger partial charge in [0.2, 0.25) is 0 Å². The maximum Gasteiger partial charge on any atom is 0.0558 e. The number of aliphatic imine (C=N–C) groups is 1. The fourth-order valence-corrected chi connectivity index (χ4v) is 1.31. The lowest BCUT2D eigenvalue weighted by atomic mass is 10.4. The molecule has 0 radical (unpaired) electrons. The Morgan fingerprint density at radius 2 is 2.71 bits per heavy atom. The van der Waals surface area contributed by atoms with E-state index in [0.717, 1.165) is 5.75 Å². The van der Waals surface area contributed by atoms with Gasteiger partial charge in [-0.25, -0.2) is 0 Å². The summed E-state index contributed by atoms with van der Waals surface area (Å²) in [5.74, 6) is 2.32. The van der Waals surface area contributed by atoms with Gasteiger partial charge in [0.25, 0.3) is 0 Å². The number of rotatable bonds is 0. The summed E-state index contributed by atoms with van der Waals surface area (Å²) >= 11 is 1.95. The van der Waals surface area contributed by atoms with Crippen LogP contribution in [0.4, 0.5) is 0 Å². The Labute approximate surface area is 48.2 Å². The topological polar surface area (TPSA) is 12.4 Å². The van der Waals surface area contributed by atoms with Gasteiger partial charge >= 0.3 is 0 Å². The molecule has 1 atom stereocenters. The van der Waals surface area contributed by atoms with Crippen LogP contribution in [0.25, 0.3) is 0 Å². The molecule has 2 heteroatoms.